The topological polar surface area (TPSA) is 58.2 Å². The summed E-state index contributed by atoms with van der Waals surface area (Å²) in [5.74, 6) is -1.74. The molecule has 0 aromatic heterocycles. The maximum Gasteiger partial charge on any atom is 0.228 e. The van der Waals surface area contributed by atoms with Crippen LogP contribution in [0.5, 0.6) is 0 Å². The quantitative estimate of drug-likeness (QED) is 0.912. The van der Waals surface area contributed by atoms with Gasteiger partial charge in [-0.25, -0.2) is 8.78 Å². The number of nitrogens with one attached hydrogen (secondary N) is 2. The van der Waals surface area contributed by atoms with Crippen molar-refractivity contribution in [1.82, 2.24) is 0 Å². The van der Waals surface area contributed by atoms with E-state index in [-0.39, 0.29) is 18.0 Å². The van der Waals surface area contributed by atoms with Crippen LogP contribution in [-0.4, -0.2) is 11.8 Å². The minimum atomic E-state index is -0.610. The zero-order valence-corrected chi connectivity index (χ0v) is 11.8. The molecule has 22 heavy (non-hydrogen) atoms. The van der Waals surface area contributed by atoms with Crippen LogP contribution in [0.15, 0.2) is 42.5 Å². The van der Waals surface area contributed by atoms with E-state index in [9.17, 15) is 18.4 Å². The third kappa shape index (κ3) is 4.37. The van der Waals surface area contributed by atoms with Crippen LogP contribution in [0.3, 0.4) is 0 Å². The summed E-state index contributed by atoms with van der Waals surface area (Å²) in [6.45, 7) is 1.33. The lowest BCUT2D eigenvalue weighted by atomic mass is 10.1. The highest BCUT2D eigenvalue weighted by molar-refractivity contribution is 5.94. The van der Waals surface area contributed by atoms with E-state index >= 15 is 0 Å². The molecule has 0 spiro atoms. The van der Waals surface area contributed by atoms with Crippen LogP contribution in [0.25, 0.3) is 0 Å². The molecule has 0 radical (unpaired) electrons. The number of amides is 2. The predicted octanol–water partition coefficient (Wildman–Crippen LogP) is 3.10. The fourth-order valence-electron chi connectivity index (χ4n) is 1.88. The number of anilines is 2. The molecule has 2 aromatic rings. The molecule has 2 N–H and O–H groups in total. The van der Waals surface area contributed by atoms with Gasteiger partial charge in [0.2, 0.25) is 11.8 Å². The Morgan fingerprint density at radius 2 is 1.68 bits per heavy atom. The van der Waals surface area contributed by atoms with Crippen molar-refractivity contribution in [2.75, 3.05) is 10.6 Å². The number of benzene rings is 2. The zero-order chi connectivity index (χ0) is 16.1. The maximum absolute atomic E-state index is 13.7. The second-order valence-corrected chi connectivity index (χ2v) is 4.73. The van der Waals surface area contributed by atoms with Gasteiger partial charge in [-0.2, -0.15) is 0 Å². The van der Waals surface area contributed by atoms with Crippen molar-refractivity contribution in [2.24, 2.45) is 0 Å². The molecule has 0 heterocycles. The van der Waals surface area contributed by atoms with Gasteiger partial charge >= 0.3 is 0 Å². The SMILES string of the molecule is CC(=O)Nc1ccc(F)c(NC(=O)Cc2ccc(F)cc2)c1. The molecule has 0 atom stereocenters. The molecule has 0 unspecified atom stereocenters. The van der Waals surface area contributed by atoms with Crippen LogP contribution in [0, 0.1) is 11.6 Å². The number of rotatable bonds is 4. The van der Waals surface area contributed by atoms with Crippen molar-refractivity contribution in [1.29, 1.82) is 0 Å². The second kappa shape index (κ2) is 6.80. The van der Waals surface area contributed by atoms with E-state index in [1.54, 1.807) is 0 Å². The van der Waals surface area contributed by atoms with Crippen molar-refractivity contribution in [3.8, 4) is 0 Å². The lowest BCUT2D eigenvalue weighted by Gasteiger charge is -2.09. The molecular weight excluding hydrogens is 290 g/mol. The Kier molecular flexibility index (Phi) is 4.83. The Balaban J connectivity index is 2.07. The number of halogens is 2. The molecule has 2 rings (SSSR count). The molecular formula is C16H14F2N2O2. The smallest absolute Gasteiger partial charge is 0.228 e. The number of carbonyl (C=O) groups is 2. The summed E-state index contributed by atoms with van der Waals surface area (Å²) in [6, 6.07) is 9.35. The molecule has 0 bridgehead atoms. The first kappa shape index (κ1) is 15.6. The minimum absolute atomic E-state index is 0.00984. The van der Waals surface area contributed by atoms with Gasteiger partial charge in [-0.05, 0) is 35.9 Å². The highest BCUT2D eigenvalue weighted by Crippen LogP contribution is 2.20. The van der Waals surface area contributed by atoms with Gasteiger partial charge in [-0.1, -0.05) is 12.1 Å². The van der Waals surface area contributed by atoms with E-state index in [0.717, 1.165) is 6.07 Å². The Morgan fingerprint density at radius 3 is 2.32 bits per heavy atom. The molecule has 6 heteroatoms. The molecule has 0 fully saturated rings. The third-order valence-electron chi connectivity index (χ3n) is 2.84. The van der Waals surface area contributed by atoms with Crippen LogP contribution in [0.2, 0.25) is 0 Å². The van der Waals surface area contributed by atoms with E-state index in [2.05, 4.69) is 10.6 Å². The van der Waals surface area contributed by atoms with Crippen molar-refractivity contribution in [2.45, 2.75) is 13.3 Å². The monoisotopic (exact) mass is 304 g/mol. The van der Waals surface area contributed by atoms with Gasteiger partial charge in [-0.15, -0.1) is 0 Å². The fraction of sp³-hybridized carbons (Fsp3) is 0.125. The van der Waals surface area contributed by atoms with E-state index in [0.29, 0.717) is 11.3 Å². The van der Waals surface area contributed by atoms with Gasteiger partial charge in [-0.3, -0.25) is 9.59 Å². The Bertz CT molecular complexity index is 700. The summed E-state index contributed by atoms with van der Waals surface area (Å²) in [6.07, 6.45) is -0.00984. The molecule has 2 aromatic carbocycles. The second-order valence-electron chi connectivity index (χ2n) is 4.73. The minimum Gasteiger partial charge on any atom is -0.326 e. The van der Waals surface area contributed by atoms with Crippen LogP contribution >= 0.6 is 0 Å². The first-order valence-electron chi connectivity index (χ1n) is 6.55. The Morgan fingerprint density at radius 1 is 1.00 bits per heavy atom. The molecule has 2 amide bonds. The largest absolute Gasteiger partial charge is 0.326 e. The van der Waals surface area contributed by atoms with Crippen LogP contribution in [0.1, 0.15) is 12.5 Å². The Labute approximate surface area is 126 Å². The normalized spacial score (nSPS) is 10.1. The highest BCUT2D eigenvalue weighted by atomic mass is 19.1. The summed E-state index contributed by atoms with van der Waals surface area (Å²) in [7, 11) is 0. The van der Waals surface area contributed by atoms with Crippen LogP contribution in [-0.2, 0) is 16.0 Å². The number of hydrogen-bond acceptors (Lipinski definition) is 2. The molecule has 0 saturated carbocycles. The standard InChI is InChI=1S/C16H14F2N2O2/c1-10(21)19-13-6-7-14(18)15(9-13)20-16(22)8-11-2-4-12(17)5-3-11/h2-7,9H,8H2,1H3,(H,19,21)(H,20,22). The summed E-state index contributed by atoms with van der Waals surface area (Å²) in [5, 5.41) is 4.93. The molecule has 0 aliphatic rings. The van der Waals surface area contributed by atoms with Gasteiger partial charge in [0.25, 0.3) is 0 Å². The first-order chi connectivity index (χ1) is 10.4. The van der Waals surface area contributed by atoms with Crippen molar-refractivity contribution in [3.05, 3.63) is 59.7 Å². The Hall–Kier alpha value is -2.76. The van der Waals surface area contributed by atoms with E-state index in [4.69, 9.17) is 0 Å². The highest BCUT2D eigenvalue weighted by Gasteiger charge is 2.09. The van der Waals surface area contributed by atoms with E-state index in [1.165, 1.54) is 43.3 Å². The van der Waals surface area contributed by atoms with Gasteiger partial charge in [0, 0.05) is 12.6 Å². The lowest BCUT2D eigenvalue weighted by molar-refractivity contribution is -0.116. The third-order valence-corrected chi connectivity index (χ3v) is 2.84. The van der Waals surface area contributed by atoms with Crippen molar-refractivity contribution >= 4 is 23.2 Å². The molecule has 4 nitrogen and oxygen atoms in total. The molecule has 0 aliphatic carbocycles. The average molecular weight is 304 g/mol. The summed E-state index contributed by atoms with van der Waals surface area (Å²) in [4.78, 5) is 22.9. The van der Waals surface area contributed by atoms with Gasteiger partial charge < -0.3 is 10.6 Å². The van der Waals surface area contributed by atoms with Gasteiger partial charge in [0.1, 0.15) is 11.6 Å². The van der Waals surface area contributed by atoms with Crippen molar-refractivity contribution < 1.29 is 18.4 Å². The number of hydrogen-bond donors (Lipinski definition) is 2. The van der Waals surface area contributed by atoms with E-state index < -0.39 is 17.5 Å². The van der Waals surface area contributed by atoms with Crippen LogP contribution < -0.4 is 10.6 Å². The van der Waals surface area contributed by atoms with Gasteiger partial charge in [0.05, 0.1) is 12.1 Å². The van der Waals surface area contributed by atoms with Crippen LogP contribution in [0.4, 0.5) is 20.2 Å². The summed E-state index contributed by atoms with van der Waals surface area (Å²) in [5.41, 5.74) is 0.960. The molecule has 0 aliphatic heterocycles. The summed E-state index contributed by atoms with van der Waals surface area (Å²) >= 11 is 0. The van der Waals surface area contributed by atoms with E-state index in [1.807, 2.05) is 0 Å². The molecule has 114 valence electrons. The number of carbonyl (C=O) groups excluding carboxylic acids is 2. The van der Waals surface area contributed by atoms with Gasteiger partial charge in [0.15, 0.2) is 0 Å². The summed E-state index contributed by atoms with van der Waals surface area (Å²) < 4.78 is 26.5. The maximum atomic E-state index is 13.7. The zero-order valence-electron chi connectivity index (χ0n) is 11.8. The van der Waals surface area contributed by atoms with Crippen molar-refractivity contribution in [3.63, 3.8) is 0 Å². The average Bonchev–Trinajstić information content (AvgIpc) is 2.44. The lowest BCUT2D eigenvalue weighted by Crippen LogP contribution is -2.16. The first-order valence-corrected chi connectivity index (χ1v) is 6.55. The molecule has 0 saturated heterocycles. The predicted molar refractivity (Wildman–Crippen MR) is 79.4 cm³/mol. The fourth-order valence-corrected chi connectivity index (χ4v) is 1.88.